The predicted octanol–water partition coefficient (Wildman–Crippen LogP) is 2.70. The molecular weight excluding hydrogens is 320 g/mol. The van der Waals surface area contributed by atoms with Crippen molar-refractivity contribution < 1.29 is 9.59 Å². The van der Waals surface area contributed by atoms with Crippen LogP contribution >= 0.6 is 15.9 Å². The maximum absolute atomic E-state index is 12.7. The molecule has 4 nitrogen and oxygen atoms in total. The van der Waals surface area contributed by atoms with E-state index in [1.807, 2.05) is 26.0 Å². The third-order valence-corrected chi connectivity index (χ3v) is 4.20. The van der Waals surface area contributed by atoms with Crippen LogP contribution in [0.25, 0.3) is 0 Å². The fourth-order valence-electron chi connectivity index (χ4n) is 2.57. The zero-order valence-electron chi connectivity index (χ0n) is 12.4. The minimum Gasteiger partial charge on any atom is -0.340 e. The van der Waals surface area contributed by atoms with Crippen molar-refractivity contribution in [2.45, 2.75) is 46.2 Å². The van der Waals surface area contributed by atoms with Gasteiger partial charge in [-0.2, -0.15) is 0 Å². The number of carbonyl (C=O) groups is 2. The van der Waals surface area contributed by atoms with Crippen LogP contribution in [-0.4, -0.2) is 23.4 Å². The Kier molecular flexibility index (Phi) is 3.67. The number of amides is 2. The van der Waals surface area contributed by atoms with Gasteiger partial charge in [-0.15, -0.1) is 0 Å². The molecule has 0 bridgehead atoms. The topological polar surface area (TPSA) is 49.4 Å². The number of nitrogens with one attached hydrogen (secondary N) is 1. The molecule has 0 saturated carbocycles. The van der Waals surface area contributed by atoms with Crippen LogP contribution in [0.2, 0.25) is 0 Å². The van der Waals surface area contributed by atoms with Gasteiger partial charge < -0.3 is 5.32 Å². The first-order chi connectivity index (χ1) is 9.15. The Morgan fingerprint density at radius 3 is 2.40 bits per heavy atom. The molecule has 2 rings (SSSR count). The number of benzene rings is 1. The number of anilines is 1. The molecule has 1 heterocycles. The lowest BCUT2D eigenvalue weighted by Crippen LogP contribution is -2.67. The van der Waals surface area contributed by atoms with E-state index < -0.39 is 11.6 Å². The van der Waals surface area contributed by atoms with E-state index in [0.717, 1.165) is 21.3 Å². The number of hydrogen-bond donors (Lipinski definition) is 1. The third-order valence-electron chi connectivity index (χ3n) is 3.60. The van der Waals surface area contributed by atoms with Crippen molar-refractivity contribution in [3.63, 3.8) is 0 Å². The number of hydrogen-bond acceptors (Lipinski definition) is 2. The van der Waals surface area contributed by atoms with E-state index in [1.54, 1.807) is 25.7 Å². The lowest BCUT2D eigenvalue weighted by Gasteiger charge is -2.42. The summed E-state index contributed by atoms with van der Waals surface area (Å²) in [5.74, 6) is -0.237. The second kappa shape index (κ2) is 4.88. The van der Waals surface area contributed by atoms with Gasteiger partial charge in [-0.05, 0) is 67.7 Å². The van der Waals surface area contributed by atoms with Crippen molar-refractivity contribution >= 4 is 33.4 Å². The van der Waals surface area contributed by atoms with E-state index in [9.17, 15) is 9.59 Å². The molecule has 1 aliphatic heterocycles. The summed E-state index contributed by atoms with van der Waals surface area (Å²) in [4.78, 5) is 26.4. The highest BCUT2D eigenvalue weighted by Crippen LogP contribution is 2.35. The Labute approximate surface area is 127 Å². The average molecular weight is 339 g/mol. The minimum absolute atomic E-state index is 0.0998. The lowest BCUT2D eigenvalue weighted by molar-refractivity contribution is -0.136. The largest absolute Gasteiger partial charge is 0.340 e. The monoisotopic (exact) mass is 338 g/mol. The van der Waals surface area contributed by atoms with Gasteiger partial charge in [0.1, 0.15) is 11.6 Å². The second-order valence-corrected chi connectivity index (χ2v) is 6.73. The van der Waals surface area contributed by atoms with Crippen LogP contribution in [0.1, 0.15) is 31.9 Å². The summed E-state index contributed by atoms with van der Waals surface area (Å²) < 4.78 is 0.834. The number of nitrogens with zero attached hydrogens (tertiary/aromatic N) is 1. The summed E-state index contributed by atoms with van der Waals surface area (Å²) in [5.41, 5.74) is 1.97. The fraction of sp³-hybridized carbons (Fsp3) is 0.467. The van der Waals surface area contributed by atoms with Crippen LogP contribution in [0.4, 0.5) is 5.69 Å². The van der Waals surface area contributed by atoms with Crippen molar-refractivity contribution in [1.82, 2.24) is 5.32 Å². The highest BCUT2D eigenvalue weighted by Gasteiger charge is 2.44. The van der Waals surface area contributed by atoms with E-state index in [0.29, 0.717) is 0 Å². The number of piperazine rings is 1. The molecule has 0 aromatic heterocycles. The first-order valence-corrected chi connectivity index (χ1v) is 7.37. The first-order valence-electron chi connectivity index (χ1n) is 6.57. The molecule has 0 radical (unpaired) electrons. The number of carbonyl (C=O) groups excluding carboxylic acids is 2. The van der Waals surface area contributed by atoms with Crippen molar-refractivity contribution in [2.75, 3.05) is 4.90 Å². The highest BCUT2D eigenvalue weighted by molar-refractivity contribution is 9.10. The fourth-order valence-corrected chi connectivity index (χ4v) is 3.43. The standard InChI is InChI=1S/C15H19BrN2O2/c1-8-6-9(2)12(11(16)7-8)18-10(3)13(19)17-15(4,5)14(18)20/h6-7,10H,1-5H3,(H,17,19). The molecule has 5 heteroatoms. The van der Waals surface area contributed by atoms with Crippen LogP contribution < -0.4 is 10.2 Å². The van der Waals surface area contributed by atoms with Crippen LogP contribution in [0.3, 0.4) is 0 Å². The van der Waals surface area contributed by atoms with Gasteiger partial charge in [-0.25, -0.2) is 0 Å². The molecule has 0 aliphatic carbocycles. The zero-order chi connectivity index (χ0) is 15.2. The summed E-state index contributed by atoms with van der Waals surface area (Å²) in [6, 6.07) is 3.45. The minimum atomic E-state index is -0.889. The maximum Gasteiger partial charge on any atom is 0.252 e. The van der Waals surface area contributed by atoms with Gasteiger partial charge in [0, 0.05) is 4.47 Å². The molecule has 1 N–H and O–H groups in total. The molecule has 1 aliphatic rings. The van der Waals surface area contributed by atoms with Crippen molar-refractivity contribution in [2.24, 2.45) is 0 Å². The van der Waals surface area contributed by atoms with E-state index in [-0.39, 0.29) is 11.8 Å². The Balaban J connectivity index is 2.60. The van der Waals surface area contributed by atoms with E-state index in [4.69, 9.17) is 0 Å². The molecule has 0 spiro atoms. The Morgan fingerprint density at radius 1 is 1.25 bits per heavy atom. The molecule has 1 aromatic carbocycles. The smallest absolute Gasteiger partial charge is 0.252 e. The van der Waals surface area contributed by atoms with Crippen LogP contribution in [0.15, 0.2) is 16.6 Å². The Hall–Kier alpha value is -1.36. The van der Waals surface area contributed by atoms with E-state index >= 15 is 0 Å². The molecule has 108 valence electrons. The molecule has 1 unspecified atom stereocenters. The number of rotatable bonds is 1. The second-order valence-electron chi connectivity index (χ2n) is 5.88. The molecular formula is C15H19BrN2O2. The van der Waals surface area contributed by atoms with Crippen molar-refractivity contribution in [3.8, 4) is 0 Å². The van der Waals surface area contributed by atoms with Gasteiger partial charge >= 0.3 is 0 Å². The van der Waals surface area contributed by atoms with Gasteiger partial charge in [0.2, 0.25) is 5.91 Å². The lowest BCUT2D eigenvalue weighted by atomic mass is 9.95. The summed E-state index contributed by atoms with van der Waals surface area (Å²) in [5, 5.41) is 2.76. The molecule has 1 atom stereocenters. The average Bonchev–Trinajstić information content (AvgIpc) is 2.29. The Bertz CT molecular complexity index is 573. The van der Waals surface area contributed by atoms with Crippen molar-refractivity contribution in [1.29, 1.82) is 0 Å². The van der Waals surface area contributed by atoms with Crippen LogP contribution in [-0.2, 0) is 9.59 Å². The van der Waals surface area contributed by atoms with Gasteiger partial charge in [0.15, 0.2) is 0 Å². The molecule has 1 saturated heterocycles. The maximum atomic E-state index is 12.7. The normalized spacial score (nSPS) is 21.9. The third kappa shape index (κ3) is 2.35. The number of halogens is 1. The van der Waals surface area contributed by atoms with Crippen LogP contribution in [0.5, 0.6) is 0 Å². The highest BCUT2D eigenvalue weighted by atomic mass is 79.9. The summed E-state index contributed by atoms with van der Waals surface area (Å²) in [6.07, 6.45) is 0. The van der Waals surface area contributed by atoms with Gasteiger partial charge in [-0.1, -0.05) is 6.07 Å². The Morgan fingerprint density at radius 2 is 1.85 bits per heavy atom. The molecule has 20 heavy (non-hydrogen) atoms. The quantitative estimate of drug-likeness (QED) is 0.855. The van der Waals surface area contributed by atoms with Gasteiger partial charge in [0.25, 0.3) is 5.91 Å². The van der Waals surface area contributed by atoms with Crippen LogP contribution in [0, 0.1) is 13.8 Å². The summed E-state index contributed by atoms with van der Waals surface area (Å²) in [6.45, 7) is 9.15. The SMILES string of the molecule is Cc1cc(C)c(N2C(=O)C(C)(C)NC(=O)C2C)c(Br)c1. The predicted molar refractivity (Wildman–Crippen MR) is 82.8 cm³/mol. The van der Waals surface area contributed by atoms with Gasteiger partial charge in [-0.3, -0.25) is 14.5 Å². The molecule has 2 amide bonds. The molecule has 1 fully saturated rings. The molecule has 1 aromatic rings. The van der Waals surface area contributed by atoms with Crippen molar-refractivity contribution in [3.05, 3.63) is 27.7 Å². The van der Waals surface area contributed by atoms with E-state index in [2.05, 4.69) is 21.2 Å². The zero-order valence-corrected chi connectivity index (χ0v) is 14.0. The first kappa shape index (κ1) is 15.0. The van der Waals surface area contributed by atoms with Gasteiger partial charge in [0.05, 0.1) is 5.69 Å². The van der Waals surface area contributed by atoms with E-state index in [1.165, 1.54) is 0 Å². The number of aryl methyl sites for hydroxylation is 2. The summed E-state index contributed by atoms with van der Waals surface area (Å²) >= 11 is 3.52. The summed E-state index contributed by atoms with van der Waals surface area (Å²) in [7, 11) is 0.